The van der Waals surface area contributed by atoms with Crippen molar-refractivity contribution in [3.8, 4) is 0 Å². The molecule has 1 fully saturated rings. The summed E-state index contributed by atoms with van der Waals surface area (Å²) < 4.78 is 1.89. The molecule has 18 heavy (non-hydrogen) atoms. The monoisotopic (exact) mass is 250 g/mol. The predicted molar refractivity (Wildman–Crippen MR) is 74.3 cm³/mol. The van der Waals surface area contributed by atoms with Gasteiger partial charge in [-0.25, -0.2) is 0 Å². The summed E-state index contributed by atoms with van der Waals surface area (Å²) in [7, 11) is 1.98. The summed E-state index contributed by atoms with van der Waals surface area (Å²) in [4.78, 5) is 2.52. The van der Waals surface area contributed by atoms with Crippen LogP contribution in [0.3, 0.4) is 0 Å². The fraction of sp³-hybridized carbons (Fsp3) is 0.786. The van der Waals surface area contributed by atoms with Crippen LogP contribution in [0.25, 0.3) is 0 Å². The number of rotatable bonds is 6. The standard InChI is InChI=1S/C14H26N4/c1-4-18(9-12-6-5-7-12)14(8-15)13-10-17(3)16-11(13)2/h10,12,14H,4-9,15H2,1-3H3. The molecule has 0 radical (unpaired) electrons. The van der Waals surface area contributed by atoms with Gasteiger partial charge >= 0.3 is 0 Å². The van der Waals surface area contributed by atoms with Crippen LogP contribution in [0.4, 0.5) is 0 Å². The molecule has 1 aromatic rings. The smallest absolute Gasteiger partial charge is 0.0641 e. The van der Waals surface area contributed by atoms with E-state index in [4.69, 9.17) is 5.73 Å². The van der Waals surface area contributed by atoms with Gasteiger partial charge in [-0.15, -0.1) is 0 Å². The molecule has 1 heterocycles. The Bertz CT molecular complexity index is 381. The van der Waals surface area contributed by atoms with Crippen LogP contribution < -0.4 is 5.73 Å². The Balaban J connectivity index is 2.11. The molecule has 0 bridgehead atoms. The second kappa shape index (κ2) is 5.85. The van der Waals surface area contributed by atoms with Gasteiger partial charge in [-0.2, -0.15) is 5.10 Å². The van der Waals surface area contributed by atoms with Crippen molar-refractivity contribution in [1.29, 1.82) is 0 Å². The number of aryl methyl sites for hydroxylation is 2. The first kappa shape index (κ1) is 13.6. The number of likely N-dealkylation sites (N-methyl/N-ethyl adjacent to an activating group) is 1. The van der Waals surface area contributed by atoms with E-state index >= 15 is 0 Å². The van der Waals surface area contributed by atoms with E-state index in [1.807, 2.05) is 11.7 Å². The molecule has 4 nitrogen and oxygen atoms in total. The molecule has 1 aliphatic rings. The van der Waals surface area contributed by atoms with Crippen LogP contribution in [0.2, 0.25) is 0 Å². The second-order valence-corrected chi connectivity index (χ2v) is 5.48. The Labute approximate surface area is 110 Å². The maximum Gasteiger partial charge on any atom is 0.0641 e. The zero-order valence-electron chi connectivity index (χ0n) is 11.9. The molecule has 1 saturated carbocycles. The Morgan fingerprint density at radius 3 is 2.67 bits per heavy atom. The molecule has 2 N–H and O–H groups in total. The van der Waals surface area contributed by atoms with Crippen LogP contribution in [-0.4, -0.2) is 34.3 Å². The first-order chi connectivity index (χ1) is 8.65. The van der Waals surface area contributed by atoms with Gasteiger partial charge in [-0.1, -0.05) is 13.3 Å². The van der Waals surface area contributed by atoms with Crippen LogP contribution in [-0.2, 0) is 7.05 Å². The van der Waals surface area contributed by atoms with Crippen molar-refractivity contribution in [1.82, 2.24) is 14.7 Å². The highest BCUT2D eigenvalue weighted by molar-refractivity contribution is 5.20. The predicted octanol–water partition coefficient (Wildman–Crippen LogP) is 1.85. The second-order valence-electron chi connectivity index (χ2n) is 5.48. The third-order valence-corrected chi connectivity index (χ3v) is 4.20. The van der Waals surface area contributed by atoms with Crippen LogP contribution >= 0.6 is 0 Å². The molecule has 0 aliphatic heterocycles. The van der Waals surface area contributed by atoms with Crippen molar-refractivity contribution >= 4 is 0 Å². The number of aromatic nitrogens is 2. The lowest BCUT2D eigenvalue weighted by atomic mass is 9.84. The van der Waals surface area contributed by atoms with Crippen molar-refractivity contribution in [3.05, 3.63) is 17.5 Å². The maximum atomic E-state index is 6.02. The highest BCUT2D eigenvalue weighted by Crippen LogP contribution is 2.30. The lowest BCUT2D eigenvalue weighted by Gasteiger charge is -2.36. The van der Waals surface area contributed by atoms with Crippen molar-refractivity contribution in [2.45, 2.75) is 39.2 Å². The quantitative estimate of drug-likeness (QED) is 0.838. The van der Waals surface area contributed by atoms with Gasteiger partial charge in [0.25, 0.3) is 0 Å². The lowest BCUT2D eigenvalue weighted by Crippen LogP contribution is -2.38. The Kier molecular flexibility index (Phi) is 4.40. The van der Waals surface area contributed by atoms with Crippen molar-refractivity contribution in [3.63, 3.8) is 0 Å². The van der Waals surface area contributed by atoms with E-state index in [1.165, 1.54) is 31.4 Å². The Morgan fingerprint density at radius 2 is 2.28 bits per heavy atom. The zero-order valence-corrected chi connectivity index (χ0v) is 11.9. The molecule has 1 unspecified atom stereocenters. The largest absolute Gasteiger partial charge is 0.329 e. The summed E-state index contributed by atoms with van der Waals surface area (Å²) in [5.41, 5.74) is 8.42. The molecule has 0 spiro atoms. The summed E-state index contributed by atoms with van der Waals surface area (Å²) in [6, 6.07) is 0.323. The molecule has 0 amide bonds. The van der Waals surface area contributed by atoms with E-state index in [0.717, 1.165) is 18.2 Å². The minimum atomic E-state index is 0.323. The topological polar surface area (TPSA) is 47.1 Å². The Morgan fingerprint density at radius 1 is 1.56 bits per heavy atom. The lowest BCUT2D eigenvalue weighted by molar-refractivity contribution is 0.141. The molecule has 0 saturated heterocycles. The van der Waals surface area contributed by atoms with Gasteiger partial charge in [0.05, 0.1) is 11.7 Å². The van der Waals surface area contributed by atoms with Gasteiger partial charge in [0, 0.05) is 31.9 Å². The molecule has 1 aliphatic carbocycles. The van der Waals surface area contributed by atoms with Crippen LogP contribution in [0, 0.1) is 12.8 Å². The molecule has 1 atom stereocenters. The maximum absolute atomic E-state index is 6.02. The van der Waals surface area contributed by atoms with Gasteiger partial charge in [0.15, 0.2) is 0 Å². The zero-order chi connectivity index (χ0) is 13.1. The van der Waals surface area contributed by atoms with E-state index < -0.39 is 0 Å². The number of nitrogens with zero attached hydrogens (tertiary/aromatic N) is 3. The minimum Gasteiger partial charge on any atom is -0.329 e. The van der Waals surface area contributed by atoms with E-state index in [0.29, 0.717) is 12.6 Å². The van der Waals surface area contributed by atoms with Gasteiger partial charge in [-0.05, 0) is 32.2 Å². The Hall–Kier alpha value is -0.870. The van der Waals surface area contributed by atoms with E-state index in [-0.39, 0.29) is 0 Å². The van der Waals surface area contributed by atoms with Gasteiger partial charge in [0.1, 0.15) is 0 Å². The van der Waals surface area contributed by atoms with E-state index in [1.54, 1.807) is 0 Å². The molecule has 1 aromatic heterocycles. The molecule has 2 rings (SSSR count). The van der Waals surface area contributed by atoms with Crippen molar-refractivity contribution in [2.75, 3.05) is 19.6 Å². The summed E-state index contributed by atoms with van der Waals surface area (Å²) in [6.45, 7) is 7.23. The average Bonchev–Trinajstić information content (AvgIpc) is 2.61. The number of hydrogen-bond acceptors (Lipinski definition) is 3. The molecule has 102 valence electrons. The first-order valence-corrected chi connectivity index (χ1v) is 7.10. The fourth-order valence-electron chi connectivity index (χ4n) is 2.90. The van der Waals surface area contributed by atoms with Gasteiger partial charge < -0.3 is 5.73 Å². The molecular weight excluding hydrogens is 224 g/mol. The van der Waals surface area contributed by atoms with Gasteiger partial charge in [-0.3, -0.25) is 9.58 Å². The highest BCUT2D eigenvalue weighted by Gasteiger charge is 2.26. The van der Waals surface area contributed by atoms with Crippen LogP contribution in [0.1, 0.15) is 43.5 Å². The normalized spacial score (nSPS) is 18.1. The number of hydrogen-bond donors (Lipinski definition) is 1. The van der Waals surface area contributed by atoms with Crippen molar-refractivity contribution in [2.24, 2.45) is 18.7 Å². The summed E-state index contributed by atoms with van der Waals surface area (Å²) in [5.74, 6) is 0.885. The third kappa shape index (κ3) is 2.75. The van der Waals surface area contributed by atoms with Crippen LogP contribution in [0.5, 0.6) is 0 Å². The molecule has 0 aromatic carbocycles. The summed E-state index contributed by atoms with van der Waals surface area (Å²) >= 11 is 0. The average molecular weight is 250 g/mol. The summed E-state index contributed by atoms with van der Waals surface area (Å²) in [6.07, 6.45) is 6.30. The highest BCUT2D eigenvalue weighted by atomic mass is 15.3. The van der Waals surface area contributed by atoms with E-state index in [2.05, 4.69) is 30.0 Å². The van der Waals surface area contributed by atoms with Crippen molar-refractivity contribution < 1.29 is 0 Å². The fourth-order valence-corrected chi connectivity index (χ4v) is 2.90. The van der Waals surface area contributed by atoms with Crippen LogP contribution in [0.15, 0.2) is 6.20 Å². The summed E-state index contributed by atoms with van der Waals surface area (Å²) in [5, 5.41) is 4.44. The minimum absolute atomic E-state index is 0.323. The van der Waals surface area contributed by atoms with Gasteiger partial charge in [0.2, 0.25) is 0 Å². The first-order valence-electron chi connectivity index (χ1n) is 7.10. The molecular formula is C14H26N4. The van der Waals surface area contributed by atoms with E-state index in [9.17, 15) is 0 Å². The number of nitrogens with two attached hydrogens (primary N) is 1. The third-order valence-electron chi connectivity index (χ3n) is 4.20. The molecule has 4 heteroatoms. The SMILES string of the molecule is CCN(CC1CCC1)C(CN)c1cn(C)nc1C.